The van der Waals surface area contributed by atoms with Gasteiger partial charge in [-0.2, -0.15) is 5.26 Å². The van der Waals surface area contributed by atoms with E-state index in [1.807, 2.05) is 6.07 Å². The van der Waals surface area contributed by atoms with E-state index in [4.69, 9.17) is 5.73 Å². The van der Waals surface area contributed by atoms with Crippen LogP contribution in [0.15, 0.2) is 51.1 Å². The lowest BCUT2D eigenvalue weighted by Gasteiger charge is -2.39. The van der Waals surface area contributed by atoms with Crippen molar-refractivity contribution < 1.29 is 13.6 Å². The lowest BCUT2D eigenvalue weighted by molar-refractivity contribution is -0.116. The molecular formula is C24H23F2N3OS2. The van der Waals surface area contributed by atoms with Gasteiger partial charge in [0.2, 0.25) is 0 Å². The monoisotopic (exact) mass is 471 g/mol. The normalized spacial score (nSPS) is 18.8. The summed E-state index contributed by atoms with van der Waals surface area (Å²) in [5, 5.41) is 10.1. The summed E-state index contributed by atoms with van der Waals surface area (Å²) in [5.74, 6) is -1.49. The molecule has 2 aliphatic rings. The Bertz CT molecular complexity index is 1170. The van der Waals surface area contributed by atoms with Gasteiger partial charge in [0.25, 0.3) is 0 Å². The molecular weight excluding hydrogens is 448 g/mol. The molecule has 2 aromatic rings. The zero-order valence-corrected chi connectivity index (χ0v) is 19.5. The summed E-state index contributed by atoms with van der Waals surface area (Å²) in [5.41, 5.74) is 8.06. The summed E-state index contributed by atoms with van der Waals surface area (Å²) in [6.07, 6.45) is 2.18. The predicted octanol–water partition coefficient (Wildman–Crippen LogP) is 6.01. The first-order valence-electron chi connectivity index (χ1n) is 10.6. The topological polar surface area (TPSA) is 70.1 Å². The molecule has 1 atom stereocenters. The number of nitriles is 1. The Balaban J connectivity index is 2.01. The Morgan fingerprint density at radius 2 is 2.00 bits per heavy atom. The van der Waals surface area contributed by atoms with Gasteiger partial charge in [-0.05, 0) is 48.8 Å². The van der Waals surface area contributed by atoms with Gasteiger partial charge >= 0.3 is 0 Å². The SMILES string of the molecule is CCSc1sc(CC)cc1C1C(C#N)=C(N)N(c2c(F)cccc2F)C2=C1C(=O)CCC2. The number of Topliss-reactive ketones (excluding diaryl/α,β-unsaturated/α-hetero) is 1. The Kier molecular flexibility index (Phi) is 6.40. The lowest BCUT2D eigenvalue weighted by Crippen LogP contribution is -2.39. The first-order chi connectivity index (χ1) is 15.4. The Morgan fingerprint density at radius 3 is 2.62 bits per heavy atom. The lowest BCUT2D eigenvalue weighted by atomic mass is 9.76. The number of thioether (sulfide) groups is 1. The molecule has 0 radical (unpaired) electrons. The van der Waals surface area contributed by atoms with Gasteiger partial charge in [0.1, 0.15) is 23.1 Å². The number of benzene rings is 1. The molecule has 1 aromatic carbocycles. The number of ketones is 1. The molecule has 166 valence electrons. The van der Waals surface area contributed by atoms with Gasteiger partial charge in [0.05, 0.1) is 21.8 Å². The number of thiophene rings is 1. The summed E-state index contributed by atoms with van der Waals surface area (Å²) in [6, 6.07) is 7.79. The van der Waals surface area contributed by atoms with Gasteiger partial charge in [-0.3, -0.25) is 9.69 Å². The number of allylic oxidation sites excluding steroid dienone is 3. The number of nitrogens with zero attached hydrogens (tertiary/aromatic N) is 2. The molecule has 1 aliphatic carbocycles. The van der Waals surface area contributed by atoms with Gasteiger partial charge in [-0.1, -0.05) is 19.9 Å². The van der Waals surface area contributed by atoms with Crippen LogP contribution >= 0.6 is 23.1 Å². The molecule has 1 aromatic heterocycles. The molecule has 0 spiro atoms. The van der Waals surface area contributed by atoms with Gasteiger partial charge in [0, 0.05) is 22.6 Å². The molecule has 4 rings (SSSR count). The number of para-hydroxylation sites is 1. The highest BCUT2D eigenvalue weighted by Gasteiger charge is 2.42. The van der Waals surface area contributed by atoms with Crippen LogP contribution in [0, 0.1) is 23.0 Å². The van der Waals surface area contributed by atoms with E-state index in [1.54, 1.807) is 23.1 Å². The number of carbonyl (C=O) groups excluding carboxylic acids is 1. The van der Waals surface area contributed by atoms with E-state index >= 15 is 0 Å². The van der Waals surface area contributed by atoms with Crippen LogP contribution in [-0.2, 0) is 11.2 Å². The van der Waals surface area contributed by atoms with Crippen molar-refractivity contribution in [1.82, 2.24) is 0 Å². The highest BCUT2D eigenvalue weighted by Crippen LogP contribution is 2.50. The maximum absolute atomic E-state index is 14.8. The maximum Gasteiger partial charge on any atom is 0.161 e. The average Bonchev–Trinajstić information content (AvgIpc) is 3.17. The van der Waals surface area contributed by atoms with Crippen LogP contribution < -0.4 is 10.6 Å². The average molecular weight is 472 g/mol. The number of hydrogen-bond donors (Lipinski definition) is 1. The van der Waals surface area contributed by atoms with E-state index in [-0.39, 0.29) is 22.9 Å². The zero-order valence-electron chi connectivity index (χ0n) is 17.9. The van der Waals surface area contributed by atoms with Crippen molar-refractivity contribution in [3.8, 4) is 6.07 Å². The Morgan fingerprint density at radius 1 is 1.28 bits per heavy atom. The van der Waals surface area contributed by atoms with Crippen molar-refractivity contribution in [1.29, 1.82) is 5.26 Å². The number of hydrogen-bond acceptors (Lipinski definition) is 6. The molecule has 2 N–H and O–H groups in total. The quantitative estimate of drug-likeness (QED) is 0.541. The molecule has 8 heteroatoms. The number of nitrogens with two attached hydrogens (primary N) is 1. The second-order valence-corrected chi connectivity index (χ2v) is 10.3. The molecule has 1 aliphatic heterocycles. The first kappa shape index (κ1) is 22.6. The second kappa shape index (κ2) is 9.08. The van der Waals surface area contributed by atoms with Crippen molar-refractivity contribution >= 4 is 34.6 Å². The summed E-state index contributed by atoms with van der Waals surface area (Å²) in [4.78, 5) is 15.6. The number of anilines is 1. The van der Waals surface area contributed by atoms with E-state index in [9.17, 15) is 18.8 Å². The fourth-order valence-corrected chi connectivity index (χ4v) is 6.79. The number of halogens is 2. The van der Waals surface area contributed by atoms with Gasteiger partial charge in [-0.25, -0.2) is 8.78 Å². The molecule has 32 heavy (non-hydrogen) atoms. The summed E-state index contributed by atoms with van der Waals surface area (Å²) in [6.45, 7) is 4.11. The maximum atomic E-state index is 14.8. The van der Waals surface area contributed by atoms with Crippen LogP contribution in [-0.4, -0.2) is 11.5 Å². The second-order valence-electron chi connectivity index (χ2n) is 7.63. The van der Waals surface area contributed by atoms with E-state index < -0.39 is 17.6 Å². The molecule has 1 unspecified atom stereocenters. The van der Waals surface area contributed by atoms with Gasteiger partial charge in [0.15, 0.2) is 5.78 Å². The van der Waals surface area contributed by atoms with Crippen LogP contribution in [0.1, 0.15) is 49.5 Å². The fraction of sp³-hybridized carbons (Fsp3) is 0.333. The minimum absolute atomic E-state index is 0.0216. The molecule has 0 fully saturated rings. The van der Waals surface area contributed by atoms with Crippen LogP contribution in [0.5, 0.6) is 0 Å². The first-order valence-corrected chi connectivity index (χ1v) is 12.4. The number of aryl methyl sites for hydroxylation is 1. The molecule has 0 bridgehead atoms. The van der Waals surface area contributed by atoms with Gasteiger partial charge < -0.3 is 5.73 Å². The molecule has 4 nitrogen and oxygen atoms in total. The van der Waals surface area contributed by atoms with Crippen molar-refractivity contribution in [2.45, 2.75) is 49.7 Å². The minimum Gasteiger partial charge on any atom is -0.384 e. The standard InChI is InChI=1S/C24H23F2N3OS2/c1-3-13-11-14(24(32-13)31-4-2)20-15(12-27)23(28)29(18-9-6-10-19(30)21(18)20)22-16(25)7-5-8-17(22)26/h5,7-8,11,20H,3-4,6,9-10,28H2,1-2H3. The predicted molar refractivity (Wildman–Crippen MR) is 124 cm³/mol. The van der Waals surface area contributed by atoms with Crippen molar-refractivity contribution in [3.63, 3.8) is 0 Å². The highest BCUT2D eigenvalue weighted by atomic mass is 32.2. The van der Waals surface area contributed by atoms with E-state index in [0.717, 1.165) is 39.0 Å². The largest absolute Gasteiger partial charge is 0.384 e. The van der Waals surface area contributed by atoms with Crippen LogP contribution in [0.3, 0.4) is 0 Å². The third kappa shape index (κ3) is 3.63. The number of rotatable bonds is 5. The van der Waals surface area contributed by atoms with Crippen molar-refractivity contribution in [2.24, 2.45) is 5.73 Å². The highest BCUT2D eigenvalue weighted by molar-refractivity contribution is 8.01. The van der Waals surface area contributed by atoms with Crippen LogP contribution in [0.2, 0.25) is 0 Å². The number of carbonyl (C=O) groups is 1. The zero-order chi connectivity index (χ0) is 23.0. The molecule has 0 saturated heterocycles. The molecule has 0 saturated carbocycles. The summed E-state index contributed by atoms with van der Waals surface area (Å²) < 4.78 is 30.6. The summed E-state index contributed by atoms with van der Waals surface area (Å²) >= 11 is 3.32. The van der Waals surface area contributed by atoms with E-state index in [0.29, 0.717) is 30.5 Å². The van der Waals surface area contributed by atoms with Crippen LogP contribution in [0.25, 0.3) is 0 Å². The van der Waals surface area contributed by atoms with E-state index in [1.165, 1.54) is 11.0 Å². The van der Waals surface area contributed by atoms with Gasteiger partial charge in [-0.15, -0.1) is 23.1 Å². The Labute approximate surface area is 194 Å². The third-order valence-corrected chi connectivity index (χ3v) is 8.27. The minimum atomic E-state index is -0.792. The van der Waals surface area contributed by atoms with Crippen molar-refractivity contribution in [3.05, 3.63) is 69.0 Å². The van der Waals surface area contributed by atoms with E-state index in [2.05, 4.69) is 19.9 Å². The molecule has 0 amide bonds. The van der Waals surface area contributed by atoms with Crippen LogP contribution in [0.4, 0.5) is 14.5 Å². The third-order valence-electron chi connectivity index (χ3n) is 5.79. The molecule has 2 heterocycles. The smallest absolute Gasteiger partial charge is 0.161 e. The summed E-state index contributed by atoms with van der Waals surface area (Å²) in [7, 11) is 0. The van der Waals surface area contributed by atoms with Crippen molar-refractivity contribution in [2.75, 3.05) is 10.7 Å². The fourth-order valence-electron chi connectivity index (χ4n) is 4.41. The Hall–Kier alpha value is -2.63.